The van der Waals surface area contributed by atoms with E-state index in [-0.39, 0.29) is 10.9 Å². The summed E-state index contributed by atoms with van der Waals surface area (Å²) in [6.07, 6.45) is -13.3. The van der Waals surface area contributed by atoms with E-state index in [0.29, 0.717) is 5.69 Å². The lowest BCUT2D eigenvalue weighted by Gasteiger charge is -2.30. The number of imidazole rings is 1. The minimum Gasteiger partial charge on any atom is -0.326 e. The summed E-state index contributed by atoms with van der Waals surface area (Å²) in [6, 6.07) is 6.13. The van der Waals surface area contributed by atoms with Crippen LogP contribution in [0, 0.1) is 0 Å². The molecular formula is C20H24N4O. The topological polar surface area (TPSA) is 59.3 Å². The second kappa shape index (κ2) is 6.47. The zero-order valence-corrected chi connectivity index (χ0v) is 13.6. The van der Waals surface area contributed by atoms with Crippen molar-refractivity contribution in [3.8, 4) is 5.69 Å². The first-order valence-corrected chi connectivity index (χ1v) is 8.00. The maximum absolute atomic E-state index is 13.1. The summed E-state index contributed by atoms with van der Waals surface area (Å²) >= 11 is 0. The maximum Gasteiger partial charge on any atom is 0.272 e. The highest BCUT2D eigenvalue weighted by atomic mass is 16.2. The van der Waals surface area contributed by atoms with Gasteiger partial charge >= 0.3 is 0 Å². The molecule has 2 aromatic rings. The Bertz CT molecular complexity index is 1210. The lowest BCUT2D eigenvalue weighted by atomic mass is 9.90. The first kappa shape index (κ1) is 7.85. The van der Waals surface area contributed by atoms with Crippen LogP contribution in [0.25, 0.3) is 5.69 Å². The van der Waals surface area contributed by atoms with Gasteiger partial charge in [-0.15, -0.1) is 0 Å². The van der Waals surface area contributed by atoms with Crippen LogP contribution in [0.1, 0.15) is 70.3 Å². The van der Waals surface area contributed by atoms with Gasteiger partial charge in [0, 0.05) is 43.8 Å². The van der Waals surface area contributed by atoms with Crippen molar-refractivity contribution in [2.24, 2.45) is 4.99 Å². The van der Waals surface area contributed by atoms with Crippen LogP contribution < -0.4 is 5.31 Å². The van der Waals surface area contributed by atoms with Gasteiger partial charge in [0.05, 0.1) is 0 Å². The molecule has 1 aromatic carbocycles. The molecule has 4 rings (SSSR count). The number of hydrogen-bond donors (Lipinski definition) is 1. The monoisotopic (exact) mass is 347 g/mol. The molecule has 1 amide bonds. The molecule has 25 heavy (non-hydrogen) atoms. The molecule has 2 heterocycles. The molecule has 1 aliphatic heterocycles. The van der Waals surface area contributed by atoms with Crippen LogP contribution in [0.15, 0.2) is 41.7 Å². The van der Waals surface area contributed by atoms with Gasteiger partial charge in [0.25, 0.3) is 5.91 Å². The number of benzene rings is 1. The highest BCUT2D eigenvalue weighted by Gasteiger charge is 2.40. The van der Waals surface area contributed by atoms with Crippen LogP contribution in [0.2, 0.25) is 1.41 Å². The number of carbonyl (C=O) groups excluding carboxylic acids is 1. The Morgan fingerprint density at radius 2 is 2.04 bits per heavy atom. The zero-order valence-electron chi connectivity index (χ0n) is 24.6. The third-order valence-electron chi connectivity index (χ3n) is 3.95. The minimum atomic E-state index is -3.67. The second-order valence-electron chi connectivity index (χ2n) is 5.68. The summed E-state index contributed by atoms with van der Waals surface area (Å²) in [5.74, 6) is -0.461. The average molecular weight is 348 g/mol. The van der Waals surface area contributed by atoms with Crippen molar-refractivity contribution in [1.82, 2.24) is 14.9 Å². The largest absolute Gasteiger partial charge is 0.326 e. The van der Waals surface area contributed by atoms with Crippen LogP contribution in [0.3, 0.4) is 0 Å². The fourth-order valence-corrected chi connectivity index (χ4v) is 2.79. The van der Waals surface area contributed by atoms with E-state index in [1.54, 1.807) is 24.5 Å². The first-order valence-electron chi connectivity index (χ1n) is 13.4. The summed E-state index contributed by atoms with van der Waals surface area (Å²) in [6.45, 7) is 2.01. The number of aromatic nitrogens is 2. The predicted octanol–water partition coefficient (Wildman–Crippen LogP) is 3.40. The molecule has 2 aliphatic rings. The number of aliphatic imine (C=N–C) groups is 1. The molecule has 1 spiro atoms. The van der Waals surface area contributed by atoms with Crippen LogP contribution in [-0.4, -0.2) is 26.8 Å². The molecular weight excluding hydrogens is 312 g/mol. The van der Waals surface area contributed by atoms with Crippen molar-refractivity contribution in [1.29, 1.82) is 0 Å². The highest BCUT2D eigenvalue weighted by Crippen LogP contribution is 2.33. The number of nitrogens with zero attached hydrogens (tertiary/aromatic N) is 3. The van der Waals surface area contributed by atoms with Crippen LogP contribution >= 0.6 is 0 Å². The van der Waals surface area contributed by atoms with Gasteiger partial charge in [-0.3, -0.25) is 9.79 Å². The Hall–Kier alpha value is -2.43. The highest BCUT2D eigenvalue weighted by molar-refractivity contribution is 6.46. The quantitative estimate of drug-likeness (QED) is 0.921. The number of aryl methyl sites for hydroxylation is 1. The number of carbonyl (C=O) groups is 1. The third-order valence-corrected chi connectivity index (χ3v) is 3.95. The molecule has 1 aliphatic carbocycles. The summed E-state index contributed by atoms with van der Waals surface area (Å²) in [5.41, 5.74) is -3.14. The van der Waals surface area contributed by atoms with Gasteiger partial charge < -0.3 is 9.88 Å². The van der Waals surface area contributed by atoms with E-state index < -0.39 is 49.1 Å². The molecule has 1 N–H and O–H groups in total. The summed E-state index contributed by atoms with van der Waals surface area (Å²) in [5, 5.41) is -0.184. The first-order chi connectivity index (χ1) is 16.4. The van der Waals surface area contributed by atoms with E-state index in [2.05, 4.69) is 9.98 Å². The second-order valence-corrected chi connectivity index (χ2v) is 5.68. The Morgan fingerprint density at radius 3 is 2.76 bits per heavy atom. The van der Waals surface area contributed by atoms with Gasteiger partial charge in [-0.25, -0.2) is 4.98 Å². The summed E-state index contributed by atoms with van der Waals surface area (Å²) in [7, 11) is 0. The minimum absolute atomic E-state index is 0.0799. The SMILES string of the molecule is [2H]N1C(=O)C(c2ccc(-n3ccnc3CCC)cc2)=NC12C([2H])([2H])C([2H])([2H])C([2H])([2H])C([2H])([2H])C2([2H])[2H]. The van der Waals surface area contributed by atoms with Crippen LogP contribution in [0.5, 0.6) is 0 Å². The van der Waals surface area contributed by atoms with Crippen LogP contribution in [-0.2, 0) is 11.2 Å². The zero-order chi connectivity index (χ0) is 27.1. The van der Waals surface area contributed by atoms with Crippen molar-refractivity contribution in [2.75, 3.05) is 0 Å². The van der Waals surface area contributed by atoms with Gasteiger partial charge in [0.1, 0.15) is 17.2 Å². The standard InChI is InChI=1S/C20H24N4O/c1-2-6-17-21-13-14-24(17)16-9-7-15(8-10-16)18-19(25)23-20(22-18)11-4-3-5-12-20/h7-10,13-14H,2-6,11-12H2,1H3,(H,23,25)/i3D2,4D2,5D2,11D2,12D2/hD. The Kier molecular flexibility index (Phi) is 2.03. The van der Waals surface area contributed by atoms with Crippen molar-refractivity contribution in [2.45, 2.75) is 57.3 Å². The normalized spacial score (nSPS) is 36.0. The number of amides is 1. The third kappa shape index (κ3) is 2.99. The van der Waals surface area contributed by atoms with Crippen molar-refractivity contribution in [3.63, 3.8) is 0 Å². The Morgan fingerprint density at radius 1 is 1.28 bits per heavy atom. The summed E-state index contributed by atoms with van der Waals surface area (Å²) in [4.78, 5) is 21.3. The van der Waals surface area contributed by atoms with Crippen molar-refractivity contribution in [3.05, 3.63) is 48.0 Å². The molecule has 0 radical (unpaired) electrons. The fourth-order valence-electron chi connectivity index (χ4n) is 2.79. The van der Waals surface area contributed by atoms with Gasteiger partial charge in [-0.2, -0.15) is 0 Å². The number of nitrogens with one attached hydrogen (secondary N) is 1. The van der Waals surface area contributed by atoms with Crippen molar-refractivity contribution < 1.29 is 19.9 Å². The molecule has 0 unspecified atom stereocenters. The number of hydrogen-bond acceptors (Lipinski definition) is 3. The van der Waals surface area contributed by atoms with E-state index in [1.807, 2.05) is 11.5 Å². The van der Waals surface area contributed by atoms with E-state index >= 15 is 0 Å². The van der Waals surface area contributed by atoms with Gasteiger partial charge in [-0.1, -0.05) is 25.4 Å². The predicted molar refractivity (Wildman–Crippen MR) is 98.1 cm³/mol. The molecule has 0 bridgehead atoms. The summed E-state index contributed by atoms with van der Waals surface area (Å²) < 4.78 is 92.5. The molecule has 1 saturated carbocycles. The van der Waals surface area contributed by atoms with Gasteiger partial charge in [0.15, 0.2) is 1.41 Å². The lowest BCUT2D eigenvalue weighted by Crippen LogP contribution is -2.43. The smallest absolute Gasteiger partial charge is 0.272 e. The molecule has 5 heteroatoms. The maximum atomic E-state index is 13.1. The number of rotatable bonds is 4. The van der Waals surface area contributed by atoms with Gasteiger partial charge in [0.2, 0.25) is 0 Å². The molecule has 1 aromatic heterocycles. The Balaban J connectivity index is 1.88. The van der Waals surface area contributed by atoms with E-state index in [9.17, 15) is 4.79 Å². The molecule has 5 nitrogen and oxygen atoms in total. The molecule has 130 valence electrons. The van der Waals surface area contributed by atoms with E-state index in [1.165, 1.54) is 12.1 Å². The van der Waals surface area contributed by atoms with Gasteiger partial charge in [-0.05, 0) is 44.0 Å². The van der Waals surface area contributed by atoms with E-state index in [4.69, 9.17) is 15.1 Å². The molecule has 0 saturated heterocycles. The molecule has 0 atom stereocenters. The lowest BCUT2D eigenvalue weighted by molar-refractivity contribution is -0.115. The Labute approximate surface area is 163 Å². The van der Waals surface area contributed by atoms with Crippen LogP contribution in [0.4, 0.5) is 0 Å². The molecule has 1 fully saturated rings. The average Bonchev–Trinajstić information content (AvgIpc) is 3.36. The van der Waals surface area contributed by atoms with Crippen molar-refractivity contribution >= 4 is 11.6 Å². The van der Waals surface area contributed by atoms with E-state index in [0.717, 1.165) is 18.7 Å². The fraction of sp³-hybridized carbons (Fsp3) is 0.450.